The van der Waals surface area contributed by atoms with Gasteiger partial charge in [-0.3, -0.25) is 4.99 Å². The van der Waals surface area contributed by atoms with Crippen LogP contribution in [0.3, 0.4) is 0 Å². The monoisotopic (exact) mass is 254 g/mol. The number of allylic oxidation sites excluding steroid dienone is 4. The Bertz CT molecular complexity index is 524. The molecule has 2 rings (SSSR count). The van der Waals surface area contributed by atoms with Crippen LogP contribution in [-0.4, -0.2) is 6.21 Å². The van der Waals surface area contributed by atoms with E-state index in [0.717, 1.165) is 30.6 Å². The maximum absolute atomic E-state index is 6.18. The molecule has 0 saturated carbocycles. The van der Waals surface area contributed by atoms with Crippen LogP contribution in [0.25, 0.3) is 0 Å². The quantitative estimate of drug-likeness (QED) is 0.573. The molecule has 0 fully saturated rings. The molecule has 1 aromatic rings. The molecule has 19 heavy (non-hydrogen) atoms. The Morgan fingerprint density at radius 3 is 2.84 bits per heavy atom. The molecule has 1 unspecified atom stereocenters. The van der Waals surface area contributed by atoms with E-state index in [9.17, 15) is 0 Å². The van der Waals surface area contributed by atoms with Crippen molar-refractivity contribution in [1.82, 2.24) is 0 Å². The SMILES string of the molecule is CCC1/C=C\CC/C=C\C=Nc2ccc(N)c1c2C. The van der Waals surface area contributed by atoms with E-state index in [-0.39, 0.29) is 0 Å². The molecule has 1 heterocycles. The Balaban J connectivity index is 2.55. The van der Waals surface area contributed by atoms with Crippen molar-refractivity contribution in [1.29, 1.82) is 0 Å². The van der Waals surface area contributed by atoms with Crippen molar-refractivity contribution in [2.45, 2.75) is 39.0 Å². The van der Waals surface area contributed by atoms with Crippen LogP contribution in [0.2, 0.25) is 0 Å². The van der Waals surface area contributed by atoms with Gasteiger partial charge >= 0.3 is 0 Å². The number of nitrogens with two attached hydrogens (primary N) is 1. The average Bonchev–Trinajstić information content (AvgIpc) is 2.40. The summed E-state index contributed by atoms with van der Waals surface area (Å²) in [6.07, 6.45) is 13.8. The van der Waals surface area contributed by atoms with Gasteiger partial charge in [-0.05, 0) is 55.5 Å². The summed E-state index contributed by atoms with van der Waals surface area (Å²) in [4.78, 5) is 4.53. The first-order valence-electron chi connectivity index (χ1n) is 6.99. The van der Waals surface area contributed by atoms with Gasteiger partial charge < -0.3 is 5.73 Å². The van der Waals surface area contributed by atoms with Crippen LogP contribution in [0.1, 0.15) is 43.2 Å². The highest BCUT2D eigenvalue weighted by molar-refractivity contribution is 5.76. The lowest BCUT2D eigenvalue weighted by atomic mass is 9.89. The van der Waals surface area contributed by atoms with Crippen LogP contribution in [0.4, 0.5) is 11.4 Å². The molecule has 0 radical (unpaired) electrons. The van der Waals surface area contributed by atoms with Crippen molar-refractivity contribution in [3.8, 4) is 0 Å². The Hall–Kier alpha value is -1.83. The summed E-state index contributed by atoms with van der Waals surface area (Å²) < 4.78 is 0. The fourth-order valence-electron chi connectivity index (χ4n) is 2.54. The minimum absolute atomic E-state index is 0.388. The molecule has 100 valence electrons. The number of fused-ring (bicyclic) bond motifs is 2. The molecule has 0 amide bonds. The molecule has 2 bridgehead atoms. The highest BCUT2D eigenvalue weighted by Gasteiger charge is 2.14. The van der Waals surface area contributed by atoms with Crippen molar-refractivity contribution in [3.05, 3.63) is 47.6 Å². The molecule has 0 aromatic heterocycles. The number of nitrogens with zero attached hydrogens (tertiary/aromatic N) is 1. The lowest BCUT2D eigenvalue weighted by Crippen LogP contribution is -2.03. The van der Waals surface area contributed by atoms with Crippen LogP contribution in [-0.2, 0) is 0 Å². The highest BCUT2D eigenvalue weighted by Crippen LogP contribution is 2.35. The average molecular weight is 254 g/mol. The standard InChI is InChI=1S/C17H22N2/c1-3-14-9-7-5-4-6-8-12-19-16-11-10-15(18)17(14)13(16)2/h6-12,14H,3-5,18H2,1-2H3/b8-6-,9-7-,19-12?. The van der Waals surface area contributed by atoms with Crippen LogP contribution in [0, 0.1) is 6.92 Å². The number of hydrogen-bond acceptors (Lipinski definition) is 2. The summed E-state index contributed by atoms with van der Waals surface area (Å²) in [6.45, 7) is 4.32. The fraction of sp³-hybridized carbons (Fsp3) is 0.353. The van der Waals surface area contributed by atoms with Gasteiger partial charge in [-0.1, -0.05) is 25.2 Å². The van der Waals surface area contributed by atoms with Gasteiger partial charge in [-0.25, -0.2) is 0 Å². The fourth-order valence-corrected chi connectivity index (χ4v) is 2.54. The second-order valence-corrected chi connectivity index (χ2v) is 4.94. The molecule has 1 aromatic carbocycles. The molecule has 2 heteroatoms. The van der Waals surface area contributed by atoms with E-state index in [2.05, 4.69) is 37.1 Å². The van der Waals surface area contributed by atoms with Gasteiger partial charge in [0.05, 0.1) is 5.69 Å². The van der Waals surface area contributed by atoms with Gasteiger partial charge in [-0.15, -0.1) is 0 Å². The summed E-state index contributed by atoms with van der Waals surface area (Å²) >= 11 is 0. The second-order valence-electron chi connectivity index (χ2n) is 4.94. The number of nitrogen functional groups attached to an aromatic ring is 1. The lowest BCUT2D eigenvalue weighted by molar-refractivity contribution is 0.796. The summed E-state index contributed by atoms with van der Waals surface area (Å²) in [5.41, 5.74) is 10.5. The number of aliphatic imine (C=N–C) groups is 1. The van der Waals surface area contributed by atoms with E-state index in [0.29, 0.717) is 5.92 Å². The van der Waals surface area contributed by atoms with Crippen LogP contribution in [0.5, 0.6) is 0 Å². The van der Waals surface area contributed by atoms with Crippen molar-refractivity contribution in [3.63, 3.8) is 0 Å². The van der Waals surface area contributed by atoms with E-state index in [4.69, 9.17) is 5.73 Å². The predicted octanol–water partition coefficient (Wildman–Crippen LogP) is 4.68. The van der Waals surface area contributed by atoms with E-state index >= 15 is 0 Å². The van der Waals surface area contributed by atoms with E-state index < -0.39 is 0 Å². The predicted molar refractivity (Wildman–Crippen MR) is 84.3 cm³/mol. The summed E-state index contributed by atoms with van der Waals surface area (Å²) in [5, 5.41) is 0. The largest absolute Gasteiger partial charge is 0.398 e. The first kappa shape index (κ1) is 13.6. The van der Waals surface area contributed by atoms with Crippen LogP contribution < -0.4 is 5.73 Å². The molecule has 0 spiro atoms. The van der Waals surface area contributed by atoms with Gasteiger partial charge in [0.1, 0.15) is 0 Å². The maximum atomic E-state index is 6.18. The van der Waals surface area contributed by atoms with E-state index in [1.54, 1.807) is 0 Å². The molecule has 0 aliphatic carbocycles. The molecule has 2 nitrogen and oxygen atoms in total. The molecular weight excluding hydrogens is 232 g/mol. The first-order chi connectivity index (χ1) is 9.24. The molecule has 1 aliphatic heterocycles. The van der Waals surface area contributed by atoms with Gasteiger partial charge in [-0.2, -0.15) is 0 Å². The minimum Gasteiger partial charge on any atom is -0.398 e. The second kappa shape index (κ2) is 6.37. The molecule has 1 aliphatic rings. The Labute approximate surface area is 115 Å². The number of benzene rings is 1. The van der Waals surface area contributed by atoms with Gasteiger partial charge in [0.2, 0.25) is 0 Å². The number of hydrogen-bond donors (Lipinski definition) is 1. The van der Waals surface area contributed by atoms with Crippen molar-refractivity contribution in [2.24, 2.45) is 4.99 Å². The summed E-state index contributed by atoms with van der Waals surface area (Å²) in [6, 6.07) is 3.97. The van der Waals surface area contributed by atoms with Gasteiger partial charge in [0.15, 0.2) is 0 Å². The summed E-state index contributed by atoms with van der Waals surface area (Å²) in [5.74, 6) is 0.388. The molecule has 0 saturated heterocycles. The highest BCUT2D eigenvalue weighted by atomic mass is 14.7. The Kier molecular flexibility index (Phi) is 4.56. The smallest absolute Gasteiger partial charge is 0.0663 e. The van der Waals surface area contributed by atoms with Gasteiger partial charge in [0.25, 0.3) is 0 Å². The van der Waals surface area contributed by atoms with Crippen molar-refractivity contribution in [2.75, 3.05) is 5.73 Å². The van der Waals surface area contributed by atoms with Crippen LogP contribution in [0.15, 0.2) is 41.4 Å². The van der Waals surface area contributed by atoms with Crippen molar-refractivity contribution < 1.29 is 0 Å². The zero-order valence-electron chi connectivity index (χ0n) is 11.8. The third-order valence-corrected chi connectivity index (χ3v) is 3.63. The zero-order chi connectivity index (χ0) is 13.7. The van der Waals surface area contributed by atoms with E-state index in [1.165, 1.54) is 11.1 Å². The van der Waals surface area contributed by atoms with Gasteiger partial charge in [0, 0.05) is 17.8 Å². The Morgan fingerprint density at radius 1 is 1.26 bits per heavy atom. The minimum atomic E-state index is 0.388. The lowest BCUT2D eigenvalue weighted by Gasteiger charge is -2.18. The third kappa shape index (κ3) is 3.14. The van der Waals surface area contributed by atoms with Crippen molar-refractivity contribution >= 4 is 17.6 Å². The third-order valence-electron chi connectivity index (χ3n) is 3.63. The first-order valence-corrected chi connectivity index (χ1v) is 6.99. The molecular formula is C17H22N2. The zero-order valence-corrected chi connectivity index (χ0v) is 11.8. The van der Waals surface area contributed by atoms with Crippen LogP contribution >= 0.6 is 0 Å². The molecule has 1 atom stereocenters. The van der Waals surface area contributed by atoms with E-state index in [1.807, 2.05) is 24.4 Å². The normalized spacial score (nSPS) is 22.3. The maximum Gasteiger partial charge on any atom is 0.0663 e. The molecule has 2 N–H and O–H groups in total. The number of anilines is 1. The topological polar surface area (TPSA) is 38.4 Å². The summed E-state index contributed by atoms with van der Waals surface area (Å²) in [7, 11) is 0. The Morgan fingerprint density at radius 2 is 2.05 bits per heavy atom. The number of rotatable bonds is 1.